The minimum Gasteiger partial charge on any atom is -0.337 e. The highest BCUT2D eigenvalue weighted by atomic mass is 19.1. The molecule has 3 heteroatoms. The van der Waals surface area contributed by atoms with Crippen LogP contribution in [0.5, 0.6) is 0 Å². The largest absolute Gasteiger partial charge is 0.337 e. The van der Waals surface area contributed by atoms with Crippen molar-refractivity contribution in [2.24, 2.45) is 0 Å². The lowest BCUT2D eigenvalue weighted by Crippen LogP contribution is -2.27. The third-order valence-electron chi connectivity index (χ3n) is 3.31. The average Bonchev–Trinajstić information content (AvgIpc) is 2.43. The molecule has 0 unspecified atom stereocenters. The lowest BCUT2D eigenvalue weighted by atomic mass is 10.1. The Morgan fingerprint density at radius 1 is 1.10 bits per heavy atom. The molecule has 0 heterocycles. The molecule has 0 aromatic heterocycles. The van der Waals surface area contributed by atoms with Crippen LogP contribution in [0.2, 0.25) is 0 Å². The molecule has 1 amide bonds. The van der Waals surface area contributed by atoms with E-state index < -0.39 is 5.82 Å². The summed E-state index contributed by atoms with van der Waals surface area (Å²) in [5.74, 6) is -0.736. The van der Waals surface area contributed by atoms with Crippen molar-refractivity contribution in [2.45, 2.75) is 20.4 Å². The van der Waals surface area contributed by atoms with Gasteiger partial charge in [0.1, 0.15) is 5.82 Å². The number of carbonyl (C=O) groups excluding carboxylic acids is 1. The second kappa shape index (κ2) is 5.87. The van der Waals surface area contributed by atoms with Gasteiger partial charge < -0.3 is 4.90 Å². The fourth-order valence-electron chi connectivity index (χ4n) is 2.06. The van der Waals surface area contributed by atoms with Crippen LogP contribution >= 0.6 is 0 Å². The first-order valence-electron chi connectivity index (χ1n) is 6.55. The molecule has 0 atom stereocenters. The zero-order chi connectivity index (χ0) is 14.7. The molecule has 0 saturated carbocycles. The van der Waals surface area contributed by atoms with Crippen LogP contribution in [0, 0.1) is 19.7 Å². The number of hydrogen-bond acceptors (Lipinski definition) is 1. The van der Waals surface area contributed by atoms with Gasteiger partial charge in [0.2, 0.25) is 0 Å². The number of aryl methyl sites for hydroxylation is 2. The van der Waals surface area contributed by atoms with E-state index in [2.05, 4.69) is 0 Å². The summed E-state index contributed by atoms with van der Waals surface area (Å²) in [6.07, 6.45) is 0. The Labute approximate surface area is 118 Å². The van der Waals surface area contributed by atoms with E-state index in [-0.39, 0.29) is 11.5 Å². The van der Waals surface area contributed by atoms with Crippen molar-refractivity contribution in [3.05, 3.63) is 70.5 Å². The Hall–Kier alpha value is -2.16. The van der Waals surface area contributed by atoms with Crippen LogP contribution < -0.4 is 0 Å². The van der Waals surface area contributed by atoms with E-state index in [0.29, 0.717) is 12.1 Å². The summed E-state index contributed by atoms with van der Waals surface area (Å²) in [6.45, 7) is 4.14. The van der Waals surface area contributed by atoms with Gasteiger partial charge in [-0.2, -0.15) is 0 Å². The van der Waals surface area contributed by atoms with Gasteiger partial charge in [-0.25, -0.2) is 4.39 Å². The molecule has 0 radical (unpaired) electrons. The van der Waals surface area contributed by atoms with Crippen molar-refractivity contribution in [3.8, 4) is 0 Å². The number of rotatable bonds is 3. The molecule has 0 spiro atoms. The maximum atomic E-state index is 14.0. The van der Waals surface area contributed by atoms with Gasteiger partial charge in [0.05, 0.1) is 5.56 Å². The summed E-state index contributed by atoms with van der Waals surface area (Å²) in [6, 6.07) is 12.8. The van der Waals surface area contributed by atoms with Crippen LogP contribution in [0.4, 0.5) is 4.39 Å². The molecular weight excluding hydrogens is 253 g/mol. The predicted octanol–water partition coefficient (Wildman–Crippen LogP) is 3.71. The molecule has 0 aliphatic heterocycles. The first kappa shape index (κ1) is 14.3. The molecule has 0 saturated heterocycles. The van der Waals surface area contributed by atoms with Gasteiger partial charge in [0, 0.05) is 13.6 Å². The Balaban J connectivity index is 2.16. The average molecular weight is 271 g/mol. The second-order valence-electron chi connectivity index (χ2n) is 5.08. The zero-order valence-corrected chi connectivity index (χ0v) is 12.0. The molecule has 0 bridgehead atoms. The number of carbonyl (C=O) groups is 1. The molecule has 0 aliphatic rings. The lowest BCUT2D eigenvalue weighted by Gasteiger charge is -2.18. The van der Waals surface area contributed by atoms with Gasteiger partial charge in [-0.05, 0) is 31.0 Å². The number of nitrogens with zero attached hydrogens (tertiary/aromatic N) is 1. The first-order chi connectivity index (χ1) is 9.49. The maximum Gasteiger partial charge on any atom is 0.256 e. The predicted molar refractivity (Wildman–Crippen MR) is 78.1 cm³/mol. The van der Waals surface area contributed by atoms with Crippen LogP contribution in [0.1, 0.15) is 27.0 Å². The van der Waals surface area contributed by atoms with E-state index in [1.165, 1.54) is 16.5 Å². The van der Waals surface area contributed by atoms with Crippen molar-refractivity contribution < 1.29 is 9.18 Å². The maximum absolute atomic E-state index is 14.0. The highest BCUT2D eigenvalue weighted by Crippen LogP contribution is 2.15. The molecule has 0 N–H and O–H groups in total. The fraction of sp³-hybridized carbons (Fsp3) is 0.235. The van der Waals surface area contributed by atoms with Crippen molar-refractivity contribution in [1.82, 2.24) is 4.90 Å². The van der Waals surface area contributed by atoms with Crippen molar-refractivity contribution in [3.63, 3.8) is 0 Å². The molecule has 2 aromatic carbocycles. The highest BCUT2D eigenvalue weighted by molar-refractivity contribution is 5.94. The van der Waals surface area contributed by atoms with Crippen LogP contribution in [0.3, 0.4) is 0 Å². The number of benzene rings is 2. The number of amides is 1. The molecule has 104 valence electrons. The van der Waals surface area contributed by atoms with Gasteiger partial charge in [0.15, 0.2) is 0 Å². The van der Waals surface area contributed by atoms with E-state index in [1.54, 1.807) is 26.1 Å². The monoisotopic (exact) mass is 271 g/mol. The van der Waals surface area contributed by atoms with Crippen LogP contribution in [0.15, 0.2) is 42.5 Å². The summed E-state index contributed by atoms with van der Waals surface area (Å²) in [7, 11) is 1.68. The third kappa shape index (κ3) is 3.05. The normalized spacial score (nSPS) is 10.4. The summed E-state index contributed by atoms with van der Waals surface area (Å²) in [4.78, 5) is 13.8. The summed E-state index contributed by atoms with van der Waals surface area (Å²) < 4.78 is 14.0. The minimum atomic E-state index is -0.437. The van der Waals surface area contributed by atoms with E-state index in [1.807, 2.05) is 31.2 Å². The zero-order valence-electron chi connectivity index (χ0n) is 12.0. The van der Waals surface area contributed by atoms with Gasteiger partial charge in [-0.3, -0.25) is 4.79 Å². The van der Waals surface area contributed by atoms with E-state index in [9.17, 15) is 9.18 Å². The smallest absolute Gasteiger partial charge is 0.256 e. The minimum absolute atomic E-state index is 0.125. The topological polar surface area (TPSA) is 20.3 Å². The van der Waals surface area contributed by atoms with Crippen molar-refractivity contribution in [1.29, 1.82) is 0 Å². The SMILES string of the molecule is Cc1ccc(CN(C)C(=O)c2cccc(C)c2F)cc1. The Kier molecular flexibility index (Phi) is 4.18. The third-order valence-corrected chi connectivity index (χ3v) is 3.31. The standard InChI is InChI=1S/C17H18FNO/c1-12-7-9-14(10-8-12)11-19(3)17(20)15-6-4-5-13(2)16(15)18/h4-10H,11H2,1-3H3. The molecular formula is C17H18FNO. The molecule has 0 fully saturated rings. The first-order valence-corrected chi connectivity index (χ1v) is 6.55. The van der Waals surface area contributed by atoms with Gasteiger partial charge in [0.25, 0.3) is 5.91 Å². The van der Waals surface area contributed by atoms with Gasteiger partial charge >= 0.3 is 0 Å². The highest BCUT2D eigenvalue weighted by Gasteiger charge is 2.17. The quantitative estimate of drug-likeness (QED) is 0.833. The summed E-state index contributed by atoms with van der Waals surface area (Å²) in [5, 5.41) is 0. The van der Waals surface area contributed by atoms with Crippen LogP contribution in [-0.4, -0.2) is 17.9 Å². The number of hydrogen-bond donors (Lipinski definition) is 0. The van der Waals surface area contributed by atoms with Gasteiger partial charge in [-0.1, -0.05) is 42.0 Å². The van der Waals surface area contributed by atoms with E-state index in [4.69, 9.17) is 0 Å². The fourth-order valence-corrected chi connectivity index (χ4v) is 2.06. The van der Waals surface area contributed by atoms with Crippen LogP contribution in [-0.2, 0) is 6.54 Å². The van der Waals surface area contributed by atoms with Crippen LogP contribution in [0.25, 0.3) is 0 Å². The number of halogens is 1. The van der Waals surface area contributed by atoms with Crippen molar-refractivity contribution in [2.75, 3.05) is 7.05 Å². The molecule has 2 aromatic rings. The Morgan fingerprint density at radius 2 is 1.75 bits per heavy atom. The molecule has 2 rings (SSSR count). The summed E-state index contributed by atoms with van der Waals surface area (Å²) >= 11 is 0. The second-order valence-corrected chi connectivity index (χ2v) is 5.08. The molecule has 2 nitrogen and oxygen atoms in total. The Bertz CT molecular complexity index is 619. The Morgan fingerprint density at radius 3 is 2.40 bits per heavy atom. The lowest BCUT2D eigenvalue weighted by molar-refractivity contribution is 0.0780. The van der Waals surface area contributed by atoms with Gasteiger partial charge in [-0.15, -0.1) is 0 Å². The van der Waals surface area contributed by atoms with Crippen molar-refractivity contribution >= 4 is 5.91 Å². The van der Waals surface area contributed by atoms with E-state index >= 15 is 0 Å². The molecule has 20 heavy (non-hydrogen) atoms. The van der Waals surface area contributed by atoms with E-state index in [0.717, 1.165) is 5.56 Å². The molecule has 0 aliphatic carbocycles. The summed E-state index contributed by atoms with van der Waals surface area (Å²) in [5.41, 5.74) is 2.81.